The zero-order valence-corrected chi connectivity index (χ0v) is 15.7. The van der Waals surface area contributed by atoms with E-state index in [2.05, 4.69) is 5.43 Å². The van der Waals surface area contributed by atoms with Crippen molar-refractivity contribution < 1.29 is 13.6 Å². The highest BCUT2D eigenvalue weighted by molar-refractivity contribution is 7.80. The van der Waals surface area contributed by atoms with Gasteiger partial charge < -0.3 is 5.73 Å². The van der Waals surface area contributed by atoms with Gasteiger partial charge in [0.25, 0.3) is 0 Å². The predicted molar refractivity (Wildman–Crippen MR) is 104 cm³/mol. The number of fused-ring (bicyclic) bond motifs is 1. The number of nitrogens with one attached hydrogen (secondary N) is 1. The van der Waals surface area contributed by atoms with Gasteiger partial charge in [-0.3, -0.25) is 10.2 Å². The van der Waals surface area contributed by atoms with E-state index in [0.29, 0.717) is 6.54 Å². The van der Waals surface area contributed by atoms with Gasteiger partial charge in [-0.1, -0.05) is 36.5 Å². The third-order valence-corrected chi connectivity index (χ3v) is 5.16. The number of carbonyl (C=O) groups excluding carboxylic acids is 1. The molecule has 0 spiro atoms. The number of carbonyl (C=O) groups is 1. The number of thiocarbonyl (C=S) groups is 1. The summed E-state index contributed by atoms with van der Waals surface area (Å²) in [6.45, 7) is 1.90. The van der Waals surface area contributed by atoms with E-state index in [9.17, 15) is 13.6 Å². The SMILES string of the molecule is CC(=O)N(NC(=S)c1cc(F)ccc1F)C1c2ccccc2CC1CCN. The molecule has 0 bridgehead atoms. The molecule has 2 atom stereocenters. The maximum Gasteiger partial charge on any atom is 0.238 e. The lowest BCUT2D eigenvalue weighted by atomic mass is 9.96. The number of hydrazine groups is 1. The van der Waals surface area contributed by atoms with Crippen molar-refractivity contribution in [2.75, 3.05) is 6.54 Å². The van der Waals surface area contributed by atoms with Gasteiger partial charge in [0.1, 0.15) is 16.6 Å². The van der Waals surface area contributed by atoms with E-state index in [0.717, 1.165) is 42.2 Å². The largest absolute Gasteiger partial charge is 0.330 e. The van der Waals surface area contributed by atoms with Crippen LogP contribution in [0, 0.1) is 17.6 Å². The third-order valence-electron chi connectivity index (χ3n) is 4.85. The second-order valence-corrected chi connectivity index (χ2v) is 7.05. The van der Waals surface area contributed by atoms with Crippen molar-refractivity contribution in [2.24, 2.45) is 11.7 Å². The average molecular weight is 389 g/mol. The van der Waals surface area contributed by atoms with E-state index in [4.69, 9.17) is 18.0 Å². The van der Waals surface area contributed by atoms with Gasteiger partial charge in [-0.25, -0.2) is 13.8 Å². The second-order valence-electron chi connectivity index (χ2n) is 6.64. The molecule has 0 aliphatic heterocycles. The molecule has 3 rings (SSSR count). The molecule has 142 valence electrons. The first-order chi connectivity index (χ1) is 12.9. The molecule has 1 amide bonds. The lowest BCUT2D eigenvalue weighted by Crippen LogP contribution is -2.48. The van der Waals surface area contributed by atoms with Gasteiger partial charge in [-0.05, 0) is 54.6 Å². The summed E-state index contributed by atoms with van der Waals surface area (Å²) < 4.78 is 27.6. The average Bonchev–Trinajstić information content (AvgIpc) is 2.99. The predicted octanol–water partition coefficient (Wildman–Crippen LogP) is 3.26. The Hall–Kier alpha value is -2.38. The molecule has 2 aromatic rings. The Bertz CT molecular complexity index is 874. The number of hydrogen-bond donors (Lipinski definition) is 2. The third kappa shape index (κ3) is 3.99. The molecule has 0 saturated carbocycles. The fourth-order valence-electron chi connectivity index (χ4n) is 3.67. The van der Waals surface area contributed by atoms with Crippen LogP contribution in [-0.4, -0.2) is 22.4 Å². The number of amides is 1. The van der Waals surface area contributed by atoms with Gasteiger partial charge in [0.05, 0.1) is 6.04 Å². The highest BCUT2D eigenvalue weighted by atomic mass is 32.1. The van der Waals surface area contributed by atoms with E-state index in [1.807, 2.05) is 24.3 Å². The summed E-state index contributed by atoms with van der Waals surface area (Å²) in [6.07, 6.45) is 1.52. The van der Waals surface area contributed by atoms with Crippen LogP contribution < -0.4 is 11.2 Å². The summed E-state index contributed by atoms with van der Waals surface area (Å²) in [5.41, 5.74) is 10.7. The molecule has 0 heterocycles. The van der Waals surface area contributed by atoms with E-state index in [1.165, 1.54) is 11.9 Å². The van der Waals surface area contributed by atoms with E-state index in [1.54, 1.807) is 0 Å². The molecule has 0 fully saturated rings. The first-order valence-electron chi connectivity index (χ1n) is 8.76. The number of halogens is 2. The molecule has 0 aromatic heterocycles. The monoisotopic (exact) mass is 389 g/mol. The number of hydrogen-bond acceptors (Lipinski definition) is 3. The minimum absolute atomic E-state index is 0.0434. The minimum Gasteiger partial charge on any atom is -0.330 e. The highest BCUT2D eigenvalue weighted by Gasteiger charge is 2.38. The van der Waals surface area contributed by atoms with Crippen molar-refractivity contribution in [2.45, 2.75) is 25.8 Å². The maximum atomic E-state index is 14.1. The Balaban J connectivity index is 1.93. The minimum atomic E-state index is -0.650. The molecule has 7 heteroatoms. The van der Waals surface area contributed by atoms with Crippen molar-refractivity contribution >= 4 is 23.1 Å². The van der Waals surface area contributed by atoms with Gasteiger partial charge in [-0.15, -0.1) is 0 Å². The molecule has 0 radical (unpaired) electrons. The number of nitrogens with zero attached hydrogens (tertiary/aromatic N) is 1. The van der Waals surface area contributed by atoms with Crippen LogP contribution >= 0.6 is 12.2 Å². The van der Waals surface area contributed by atoms with Crippen molar-refractivity contribution in [3.63, 3.8) is 0 Å². The second kappa shape index (κ2) is 8.10. The van der Waals surface area contributed by atoms with Crippen LogP contribution in [-0.2, 0) is 11.2 Å². The molecular weight excluding hydrogens is 368 g/mol. The Morgan fingerprint density at radius 1 is 1.30 bits per heavy atom. The topological polar surface area (TPSA) is 58.4 Å². The van der Waals surface area contributed by atoms with E-state index >= 15 is 0 Å². The van der Waals surface area contributed by atoms with Crippen molar-refractivity contribution in [3.05, 3.63) is 70.8 Å². The molecule has 3 N–H and O–H groups in total. The number of nitrogens with two attached hydrogens (primary N) is 1. The van der Waals surface area contributed by atoms with Crippen LogP contribution in [0.15, 0.2) is 42.5 Å². The van der Waals surface area contributed by atoms with Crippen molar-refractivity contribution in [1.82, 2.24) is 10.4 Å². The van der Waals surface area contributed by atoms with Gasteiger partial charge in [0, 0.05) is 12.5 Å². The lowest BCUT2D eigenvalue weighted by molar-refractivity contribution is -0.134. The molecule has 1 aliphatic rings. The van der Waals surface area contributed by atoms with Crippen LogP contribution in [0.1, 0.15) is 36.1 Å². The Labute approximate surface area is 162 Å². The van der Waals surface area contributed by atoms with Gasteiger partial charge in [0.2, 0.25) is 5.91 Å². The summed E-state index contributed by atoms with van der Waals surface area (Å²) >= 11 is 5.26. The Morgan fingerprint density at radius 2 is 2.04 bits per heavy atom. The summed E-state index contributed by atoms with van der Waals surface area (Å²) in [4.78, 5) is 12.4. The summed E-state index contributed by atoms with van der Waals surface area (Å²) in [5.74, 6) is -1.40. The fraction of sp³-hybridized carbons (Fsp3) is 0.300. The first-order valence-corrected chi connectivity index (χ1v) is 9.17. The lowest BCUT2D eigenvalue weighted by Gasteiger charge is -2.34. The molecular formula is C20H21F2N3OS. The van der Waals surface area contributed by atoms with Crippen LogP contribution in [0.2, 0.25) is 0 Å². The standard InChI is InChI=1S/C20H21F2N3OS/c1-12(26)25(24-20(27)17-11-15(21)6-7-18(17)22)19-14(8-9-23)10-13-4-2-3-5-16(13)19/h2-7,11,14,19H,8-10,23H2,1H3,(H,24,27). The molecule has 1 aliphatic carbocycles. The van der Waals surface area contributed by atoms with Gasteiger partial charge in [-0.2, -0.15) is 0 Å². The smallest absolute Gasteiger partial charge is 0.238 e. The first kappa shape index (κ1) is 19.4. The summed E-state index contributed by atoms with van der Waals surface area (Å²) in [5, 5.41) is 1.42. The van der Waals surface area contributed by atoms with Crippen LogP contribution in [0.5, 0.6) is 0 Å². The zero-order valence-electron chi connectivity index (χ0n) is 14.9. The highest BCUT2D eigenvalue weighted by Crippen LogP contribution is 2.41. The Morgan fingerprint density at radius 3 is 2.74 bits per heavy atom. The fourth-order valence-corrected chi connectivity index (χ4v) is 3.92. The quantitative estimate of drug-likeness (QED) is 0.623. The molecule has 4 nitrogen and oxygen atoms in total. The molecule has 2 unspecified atom stereocenters. The van der Waals surface area contributed by atoms with Crippen LogP contribution in [0.3, 0.4) is 0 Å². The summed E-state index contributed by atoms with van der Waals surface area (Å²) in [7, 11) is 0. The normalized spacial score (nSPS) is 18.1. The van der Waals surface area contributed by atoms with Gasteiger partial charge >= 0.3 is 0 Å². The number of benzene rings is 2. The van der Waals surface area contributed by atoms with Crippen molar-refractivity contribution in [1.29, 1.82) is 0 Å². The number of rotatable bonds is 4. The van der Waals surface area contributed by atoms with Gasteiger partial charge in [0.15, 0.2) is 0 Å². The molecule has 2 aromatic carbocycles. The zero-order chi connectivity index (χ0) is 19.6. The maximum absolute atomic E-state index is 14.1. The van der Waals surface area contributed by atoms with Crippen molar-refractivity contribution in [3.8, 4) is 0 Å². The van der Waals surface area contributed by atoms with Crippen LogP contribution in [0.4, 0.5) is 8.78 Å². The van der Waals surface area contributed by atoms with E-state index < -0.39 is 11.6 Å². The summed E-state index contributed by atoms with van der Waals surface area (Å²) in [6, 6.07) is 10.6. The van der Waals surface area contributed by atoms with Crippen LogP contribution in [0.25, 0.3) is 0 Å². The van der Waals surface area contributed by atoms with E-state index in [-0.39, 0.29) is 28.4 Å². The molecule has 0 saturated heterocycles. The Kier molecular flexibility index (Phi) is 5.82. The molecule has 27 heavy (non-hydrogen) atoms.